The van der Waals surface area contributed by atoms with Crippen molar-refractivity contribution in [1.29, 1.82) is 0 Å². The van der Waals surface area contributed by atoms with Crippen LogP contribution in [0.15, 0.2) is 29.3 Å². The van der Waals surface area contributed by atoms with Crippen molar-refractivity contribution in [3.05, 3.63) is 35.4 Å². The molecule has 1 aromatic rings. The van der Waals surface area contributed by atoms with Gasteiger partial charge in [0, 0.05) is 12.1 Å². The van der Waals surface area contributed by atoms with Gasteiger partial charge in [-0.1, -0.05) is 62.8 Å². The van der Waals surface area contributed by atoms with Crippen LogP contribution in [-0.4, -0.2) is 24.6 Å². The maximum atomic E-state index is 5.69. The van der Waals surface area contributed by atoms with Crippen LogP contribution in [0.3, 0.4) is 0 Å². The highest BCUT2D eigenvalue weighted by Gasteiger charge is 2.18. The Kier molecular flexibility index (Phi) is 7.81. The lowest BCUT2D eigenvalue weighted by atomic mass is 9.95. The van der Waals surface area contributed by atoms with Gasteiger partial charge >= 0.3 is 0 Å². The molecule has 4 heteroatoms. The van der Waals surface area contributed by atoms with Crippen LogP contribution in [0.25, 0.3) is 0 Å². The van der Waals surface area contributed by atoms with Gasteiger partial charge in [0.25, 0.3) is 0 Å². The molecule has 26 heavy (non-hydrogen) atoms. The van der Waals surface area contributed by atoms with Crippen LogP contribution in [0.5, 0.6) is 0 Å². The molecule has 4 nitrogen and oxygen atoms in total. The van der Waals surface area contributed by atoms with Crippen molar-refractivity contribution in [3.63, 3.8) is 0 Å². The van der Waals surface area contributed by atoms with Gasteiger partial charge < -0.3 is 16.4 Å². The maximum Gasteiger partial charge on any atom is 0.192 e. The molecular weight excluding hydrogens is 320 g/mol. The third-order valence-corrected chi connectivity index (χ3v) is 5.74. The maximum absolute atomic E-state index is 5.69. The summed E-state index contributed by atoms with van der Waals surface area (Å²) in [5.41, 5.74) is 8.27. The smallest absolute Gasteiger partial charge is 0.192 e. The third kappa shape index (κ3) is 6.31. The predicted octanol–water partition coefficient (Wildman–Crippen LogP) is 3.89. The lowest BCUT2D eigenvalue weighted by Crippen LogP contribution is -2.48. The zero-order valence-electron chi connectivity index (χ0n) is 16.2. The van der Waals surface area contributed by atoms with E-state index >= 15 is 0 Å². The molecule has 2 aliphatic rings. The topological polar surface area (TPSA) is 62.4 Å². The van der Waals surface area contributed by atoms with Crippen molar-refractivity contribution in [2.45, 2.75) is 89.3 Å². The first-order valence-electron chi connectivity index (χ1n) is 10.7. The fourth-order valence-corrected chi connectivity index (χ4v) is 4.23. The first kappa shape index (κ1) is 19.2. The number of guanidine groups is 1. The van der Waals surface area contributed by atoms with Crippen molar-refractivity contribution >= 4 is 5.96 Å². The Morgan fingerprint density at radius 3 is 2.04 bits per heavy atom. The number of nitrogens with one attached hydrogen (secondary N) is 2. The monoisotopic (exact) mass is 356 g/mol. The molecule has 0 unspecified atom stereocenters. The zero-order valence-corrected chi connectivity index (χ0v) is 16.2. The van der Waals surface area contributed by atoms with E-state index in [0.717, 1.165) is 18.9 Å². The van der Waals surface area contributed by atoms with Gasteiger partial charge in [0.15, 0.2) is 5.96 Å². The third-order valence-electron chi connectivity index (χ3n) is 5.74. The molecule has 0 bridgehead atoms. The molecule has 4 N–H and O–H groups in total. The van der Waals surface area contributed by atoms with Crippen molar-refractivity contribution in [3.8, 4) is 0 Å². The first-order chi connectivity index (χ1) is 12.8. The van der Waals surface area contributed by atoms with E-state index in [1.54, 1.807) is 0 Å². The lowest BCUT2D eigenvalue weighted by Gasteiger charge is -2.29. The minimum atomic E-state index is 0.585. The summed E-state index contributed by atoms with van der Waals surface area (Å²) in [5.74, 6) is 1.02. The van der Waals surface area contributed by atoms with Gasteiger partial charge in [-0.3, -0.25) is 0 Å². The van der Waals surface area contributed by atoms with Crippen molar-refractivity contribution in [1.82, 2.24) is 10.6 Å². The highest BCUT2D eigenvalue weighted by molar-refractivity contribution is 5.80. The number of nitrogens with zero attached hydrogens (tertiary/aromatic N) is 1. The Morgan fingerprint density at radius 2 is 1.46 bits per heavy atom. The summed E-state index contributed by atoms with van der Waals surface area (Å²) in [6.07, 6.45) is 14.2. The number of hydrogen-bond acceptors (Lipinski definition) is 2. The normalized spacial score (nSPS) is 19.1. The van der Waals surface area contributed by atoms with E-state index in [4.69, 9.17) is 10.7 Å². The van der Waals surface area contributed by atoms with Crippen LogP contribution in [0, 0.1) is 0 Å². The fraction of sp³-hybridized carbons (Fsp3) is 0.682. The lowest BCUT2D eigenvalue weighted by molar-refractivity contribution is 0.388. The Balaban J connectivity index is 1.64. The van der Waals surface area contributed by atoms with E-state index in [1.807, 2.05) is 0 Å². The number of benzene rings is 1. The molecule has 0 saturated heterocycles. The molecule has 0 heterocycles. The number of aliphatic imine (C=N–C) groups is 1. The number of rotatable bonds is 6. The summed E-state index contributed by atoms with van der Waals surface area (Å²) in [6, 6.07) is 9.86. The molecule has 2 fully saturated rings. The molecule has 0 aromatic heterocycles. The molecule has 2 aliphatic carbocycles. The number of hydrogen-bond donors (Lipinski definition) is 3. The summed E-state index contributed by atoms with van der Waals surface area (Å²) >= 11 is 0. The molecule has 144 valence electrons. The highest BCUT2D eigenvalue weighted by Crippen LogP contribution is 2.19. The van der Waals surface area contributed by atoms with Gasteiger partial charge in [0.2, 0.25) is 0 Å². The van der Waals surface area contributed by atoms with Crippen molar-refractivity contribution in [2.24, 2.45) is 10.7 Å². The Bertz CT molecular complexity index is 535. The van der Waals surface area contributed by atoms with Crippen LogP contribution in [0.1, 0.15) is 75.3 Å². The average Bonchev–Trinajstić information content (AvgIpc) is 2.68. The molecule has 0 radical (unpaired) electrons. The second kappa shape index (κ2) is 10.6. The summed E-state index contributed by atoms with van der Waals surface area (Å²) in [4.78, 5) is 4.95. The standard InChI is InChI=1S/C22H36N4/c23-15-14-18-8-7-9-19(16-18)17-24-22(25-20-10-3-1-4-11-20)26-21-12-5-2-6-13-21/h7-9,16,20-21H,1-6,10-15,17,23H2,(H2,24,25,26). The summed E-state index contributed by atoms with van der Waals surface area (Å²) in [5, 5.41) is 7.46. The van der Waals surface area contributed by atoms with E-state index in [0.29, 0.717) is 18.6 Å². The van der Waals surface area contributed by atoms with E-state index in [-0.39, 0.29) is 0 Å². The van der Waals surface area contributed by atoms with Gasteiger partial charge in [-0.05, 0) is 49.8 Å². The summed E-state index contributed by atoms with van der Waals surface area (Å²) < 4.78 is 0. The minimum absolute atomic E-state index is 0.585. The predicted molar refractivity (Wildman–Crippen MR) is 110 cm³/mol. The van der Waals surface area contributed by atoms with Crippen molar-refractivity contribution < 1.29 is 0 Å². The quantitative estimate of drug-likeness (QED) is 0.535. The molecule has 0 spiro atoms. The van der Waals surface area contributed by atoms with Crippen LogP contribution >= 0.6 is 0 Å². The summed E-state index contributed by atoms with van der Waals surface area (Å²) in [7, 11) is 0. The SMILES string of the molecule is NCCc1cccc(CN=C(NC2CCCCC2)NC2CCCCC2)c1. The van der Waals surface area contributed by atoms with E-state index in [2.05, 4.69) is 34.9 Å². The van der Waals surface area contributed by atoms with Crippen LogP contribution in [0.2, 0.25) is 0 Å². The van der Waals surface area contributed by atoms with Crippen molar-refractivity contribution in [2.75, 3.05) is 6.54 Å². The second-order valence-electron chi connectivity index (χ2n) is 7.98. The highest BCUT2D eigenvalue weighted by atomic mass is 15.2. The van der Waals surface area contributed by atoms with Crippen LogP contribution in [-0.2, 0) is 13.0 Å². The Labute approximate surface area is 159 Å². The van der Waals surface area contributed by atoms with Gasteiger partial charge in [-0.2, -0.15) is 0 Å². The van der Waals surface area contributed by atoms with Gasteiger partial charge in [-0.25, -0.2) is 4.99 Å². The molecule has 1 aromatic carbocycles. The van der Waals surface area contributed by atoms with E-state index < -0.39 is 0 Å². The average molecular weight is 357 g/mol. The minimum Gasteiger partial charge on any atom is -0.354 e. The van der Waals surface area contributed by atoms with Gasteiger partial charge in [0.1, 0.15) is 0 Å². The summed E-state index contributed by atoms with van der Waals surface area (Å²) in [6.45, 7) is 1.43. The number of nitrogens with two attached hydrogens (primary N) is 1. The molecule has 0 amide bonds. The zero-order chi connectivity index (χ0) is 18.0. The molecule has 0 aliphatic heterocycles. The Hall–Kier alpha value is -1.55. The van der Waals surface area contributed by atoms with E-state index in [1.165, 1.54) is 75.3 Å². The van der Waals surface area contributed by atoms with Gasteiger partial charge in [0.05, 0.1) is 6.54 Å². The Morgan fingerprint density at radius 1 is 0.885 bits per heavy atom. The van der Waals surface area contributed by atoms with Crippen LogP contribution < -0.4 is 16.4 Å². The second-order valence-corrected chi connectivity index (χ2v) is 7.98. The van der Waals surface area contributed by atoms with Gasteiger partial charge in [-0.15, -0.1) is 0 Å². The molecule has 2 saturated carbocycles. The largest absolute Gasteiger partial charge is 0.354 e. The molecule has 0 atom stereocenters. The fourth-order valence-electron chi connectivity index (χ4n) is 4.23. The molecule has 3 rings (SSSR count). The molecular formula is C22H36N4. The first-order valence-corrected chi connectivity index (χ1v) is 10.7. The van der Waals surface area contributed by atoms with E-state index in [9.17, 15) is 0 Å². The van der Waals surface area contributed by atoms with Crippen LogP contribution in [0.4, 0.5) is 0 Å².